The molecule has 0 bridgehead atoms. The van der Waals surface area contributed by atoms with Crippen LogP contribution in [0.25, 0.3) is 11.6 Å². The zero-order chi connectivity index (χ0) is 20.8. The topological polar surface area (TPSA) is 42.2 Å². The maximum Gasteiger partial charge on any atom is 0.175 e. The Morgan fingerprint density at radius 2 is 1.72 bits per heavy atom. The van der Waals surface area contributed by atoms with Crippen LogP contribution >= 0.6 is 31.9 Å². The fourth-order valence-corrected chi connectivity index (χ4v) is 3.62. The highest BCUT2D eigenvalue weighted by molar-refractivity contribution is 9.10. The van der Waals surface area contributed by atoms with Gasteiger partial charge < -0.3 is 9.47 Å². The van der Waals surface area contributed by atoms with E-state index in [1.165, 1.54) is 5.56 Å². The van der Waals surface area contributed by atoms with Crippen LogP contribution in [0.5, 0.6) is 11.5 Å². The van der Waals surface area contributed by atoms with Crippen molar-refractivity contribution in [1.82, 2.24) is 0 Å². The van der Waals surface area contributed by atoms with Crippen LogP contribution in [0.3, 0.4) is 0 Å². The first-order valence-electron chi connectivity index (χ1n) is 8.94. The van der Waals surface area contributed by atoms with Gasteiger partial charge in [-0.15, -0.1) is 0 Å². The number of nitrogens with zero attached hydrogens (tertiary/aromatic N) is 1. The van der Waals surface area contributed by atoms with Crippen molar-refractivity contribution in [3.8, 4) is 17.6 Å². The van der Waals surface area contributed by atoms with Crippen molar-refractivity contribution in [3.63, 3.8) is 0 Å². The third kappa shape index (κ3) is 5.50. The molecule has 3 nitrogen and oxygen atoms in total. The maximum absolute atomic E-state index is 9.59. The quantitative estimate of drug-likeness (QED) is 0.259. The predicted molar refractivity (Wildman–Crippen MR) is 124 cm³/mol. The van der Waals surface area contributed by atoms with Crippen molar-refractivity contribution in [3.05, 3.63) is 91.9 Å². The number of methoxy groups -OCH3 is 1. The molecule has 0 aliphatic heterocycles. The molecule has 0 spiro atoms. The molecule has 0 radical (unpaired) electrons. The number of rotatable bonds is 6. The predicted octanol–water partition coefficient (Wildman–Crippen LogP) is 7.17. The highest BCUT2D eigenvalue weighted by Crippen LogP contribution is 2.38. The molecule has 3 aromatic rings. The Balaban J connectivity index is 1.88. The van der Waals surface area contributed by atoms with Gasteiger partial charge in [0, 0.05) is 4.47 Å². The van der Waals surface area contributed by atoms with E-state index in [1.807, 2.05) is 54.6 Å². The van der Waals surface area contributed by atoms with Gasteiger partial charge in [0.15, 0.2) is 11.5 Å². The summed E-state index contributed by atoms with van der Waals surface area (Å²) in [7, 11) is 1.61. The lowest BCUT2D eigenvalue weighted by molar-refractivity contribution is 0.282. The molecule has 29 heavy (non-hydrogen) atoms. The average Bonchev–Trinajstić information content (AvgIpc) is 2.72. The second-order valence-corrected chi connectivity index (χ2v) is 8.26. The van der Waals surface area contributed by atoms with E-state index in [9.17, 15) is 5.26 Å². The normalized spacial score (nSPS) is 11.1. The van der Waals surface area contributed by atoms with Crippen LogP contribution in [-0.2, 0) is 6.61 Å². The zero-order valence-corrected chi connectivity index (χ0v) is 19.2. The minimum atomic E-state index is 0.437. The SMILES string of the molecule is COc1cc(/C=C(\C#N)c2ccc(Br)cc2)cc(Br)c1OCc1ccc(C)cc1. The van der Waals surface area contributed by atoms with Gasteiger partial charge in [-0.05, 0) is 69.9 Å². The first kappa shape index (κ1) is 21.2. The molecule has 0 heterocycles. The van der Waals surface area contributed by atoms with E-state index in [-0.39, 0.29) is 0 Å². The van der Waals surface area contributed by atoms with Crippen LogP contribution in [0.4, 0.5) is 0 Å². The molecule has 0 aliphatic rings. The highest BCUT2D eigenvalue weighted by atomic mass is 79.9. The standard InChI is InChI=1S/C24H19Br2NO2/c1-16-3-5-17(6-4-16)15-29-24-22(26)12-18(13-23(24)28-2)11-20(14-27)19-7-9-21(25)10-8-19/h3-13H,15H2,1-2H3/b20-11+. The van der Waals surface area contributed by atoms with E-state index in [0.717, 1.165) is 25.6 Å². The Bertz CT molecular complexity index is 1070. The number of nitriles is 1. The lowest BCUT2D eigenvalue weighted by Gasteiger charge is -2.14. The van der Waals surface area contributed by atoms with E-state index >= 15 is 0 Å². The van der Waals surface area contributed by atoms with Crippen molar-refractivity contribution < 1.29 is 9.47 Å². The fraction of sp³-hybridized carbons (Fsp3) is 0.125. The Hall–Kier alpha value is -2.55. The molecule has 0 N–H and O–H groups in total. The molecule has 0 saturated heterocycles. The minimum Gasteiger partial charge on any atom is -0.493 e. The molecule has 0 saturated carbocycles. The van der Waals surface area contributed by atoms with Crippen molar-refractivity contribution >= 4 is 43.5 Å². The van der Waals surface area contributed by atoms with Crippen molar-refractivity contribution in [2.75, 3.05) is 7.11 Å². The molecular weight excluding hydrogens is 494 g/mol. The average molecular weight is 513 g/mol. The highest BCUT2D eigenvalue weighted by Gasteiger charge is 2.12. The van der Waals surface area contributed by atoms with Crippen LogP contribution in [-0.4, -0.2) is 7.11 Å². The van der Waals surface area contributed by atoms with Gasteiger partial charge in [-0.25, -0.2) is 0 Å². The van der Waals surface area contributed by atoms with Gasteiger partial charge in [-0.3, -0.25) is 0 Å². The van der Waals surface area contributed by atoms with Crippen LogP contribution in [0.15, 0.2) is 69.6 Å². The van der Waals surface area contributed by atoms with Gasteiger partial charge in [0.05, 0.1) is 23.2 Å². The van der Waals surface area contributed by atoms with Gasteiger partial charge in [0.2, 0.25) is 0 Å². The third-order valence-corrected chi connectivity index (χ3v) is 5.46. The Morgan fingerprint density at radius 3 is 2.34 bits per heavy atom. The third-order valence-electron chi connectivity index (χ3n) is 4.34. The zero-order valence-electron chi connectivity index (χ0n) is 16.1. The smallest absolute Gasteiger partial charge is 0.175 e. The number of halogens is 2. The first-order valence-corrected chi connectivity index (χ1v) is 10.5. The maximum atomic E-state index is 9.59. The number of hydrogen-bond donors (Lipinski definition) is 0. The summed E-state index contributed by atoms with van der Waals surface area (Å²) in [6.45, 7) is 2.49. The molecular formula is C24H19Br2NO2. The molecule has 0 aromatic heterocycles. The van der Waals surface area contributed by atoms with E-state index in [1.54, 1.807) is 7.11 Å². The molecule has 146 valence electrons. The number of ether oxygens (including phenoxy) is 2. The molecule has 0 unspecified atom stereocenters. The summed E-state index contributed by atoms with van der Waals surface area (Å²) < 4.78 is 13.3. The van der Waals surface area contributed by atoms with Crippen LogP contribution < -0.4 is 9.47 Å². The summed E-state index contributed by atoms with van der Waals surface area (Å²) in [5.74, 6) is 1.23. The summed E-state index contributed by atoms with van der Waals surface area (Å²) in [4.78, 5) is 0. The lowest BCUT2D eigenvalue weighted by Crippen LogP contribution is -1.99. The first-order chi connectivity index (χ1) is 14.0. The summed E-state index contributed by atoms with van der Waals surface area (Å²) in [5.41, 5.74) is 4.55. The van der Waals surface area contributed by atoms with E-state index in [2.05, 4.69) is 57.0 Å². The molecule has 0 fully saturated rings. The van der Waals surface area contributed by atoms with Gasteiger partial charge in [0.1, 0.15) is 6.61 Å². The van der Waals surface area contributed by atoms with Gasteiger partial charge in [0.25, 0.3) is 0 Å². The van der Waals surface area contributed by atoms with Gasteiger partial charge in [-0.1, -0.05) is 57.9 Å². The number of allylic oxidation sites excluding steroid dienone is 1. The van der Waals surface area contributed by atoms with Crippen LogP contribution in [0.1, 0.15) is 22.3 Å². The summed E-state index contributed by atoms with van der Waals surface area (Å²) >= 11 is 6.99. The summed E-state index contributed by atoms with van der Waals surface area (Å²) in [5, 5.41) is 9.59. The van der Waals surface area contributed by atoms with Crippen molar-refractivity contribution in [1.29, 1.82) is 5.26 Å². The number of hydrogen-bond acceptors (Lipinski definition) is 3. The molecule has 3 rings (SSSR count). The summed E-state index contributed by atoms with van der Waals surface area (Å²) in [6.07, 6.45) is 1.83. The van der Waals surface area contributed by atoms with Crippen molar-refractivity contribution in [2.24, 2.45) is 0 Å². The second kappa shape index (κ2) is 9.78. The molecule has 0 aliphatic carbocycles. The number of aryl methyl sites for hydroxylation is 1. The molecule has 5 heteroatoms. The Kier molecular flexibility index (Phi) is 7.13. The van der Waals surface area contributed by atoms with Crippen molar-refractivity contribution in [2.45, 2.75) is 13.5 Å². The van der Waals surface area contributed by atoms with E-state index in [4.69, 9.17) is 9.47 Å². The fourth-order valence-electron chi connectivity index (χ4n) is 2.78. The molecule has 3 aromatic carbocycles. The van der Waals surface area contributed by atoms with Crippen LogP contribution in [0, 0.1) is 18.3 Å². The summed E-state index contributed by atoms with van der Waals surface area (Å²) in [6, 6.07) is 21.9. The number of benzene rings is 3. The Labute approximate surface area is 187 Å². The van der Waals surface area contributed by atoms with Gasteiger partial charge >= 0.3 is 0 Å². The van der Waals surface area contributed by atoms with Crippen LogP contribution in [0.2, 0.25) is 0 Å². The van der Waals surface area contributed by atoms with E-state index < -0.39 is 0 Å². The minimum absolute atomic E-state index is 0.437. The molecule has 0 atom stereocenters. The van der Waals surface area contributed by atoms with Gasteiger partial charge in [-0.2, -0.15) is 5.26 Å². The largest absolute Gasteiger partial charge is 0.493 e. The lowest BCUT2D eigenvalue weighted by atomic mass is 10.0. The molecule has 0 amide bonds. The Morgan fingerprint density at radius 1 is 1.03 bits per heavy atom. The second-order valence-electron chi connectivity index (χ2n) is 6.49. The van der Waals surface area contributed by atoms with E-state index in [0.29, 0.717) is 23.7 Å². The monoisotopic (exact) mass is 511 g/mol.